The fraction of sp³-hybridized carbons (Fsp3) is 0.733. The first kappa shape index (κ1) is 19.5. The number of rotatable bonds is 2. The summed E-state index contributed by atoms with van der Waals surface area (Å²) in [5.41, 5.74) is 0. The highest BCUT2D eigenvalue weighted by molar-refractivity contribution is 5.73. The average Bonchev–Trinajstić information content (AvgIpc) is 3.15. The van der Waals surface area contributed by atoms with Crippen molar-refractivity contribution in [3.05, 3.63) is 22.5 Å². The molecule has 0 amide bonds. The number of carboxylic acid groups (broad SMARTS) is 1. The number of carboxylic acids is 1. The van der Waals surface area contributed by atoms with Crippen molar-refractivity contribution >= 4 is 5.97 Å². The van der Waals surface area contributed by atoms with Gasteiger partial charge in [0.15, 0.2) is 0 Å². The van der Waals surface area contributed by atoms with Gasteiger partial charge in [0.05, 0.1) is 12.2 Å². The smallest absolute Gasteiger partial charge is 0.475 e. The van der Waals surface area contributed by atoms with Crippen molar-refractivity contribution in [2.24, 2.45) is 7.05 Å². The van der Waals surface area contributed by atoms with Crippen molar-refractivity contribution in [2.75, 3.05) is 19.6 Å². The molecule has 3 rings (SSSR count). The van der Waals surface area contributed by atoms with Crippen LogP contribution in [-0.2, 0) is 11.8 Å². The second kappa shape index (κ2) is 8.05. The van der Waals surface area contributed by atoms with Crippen molar-refractivity contribution in [1.29, 1.82) is 0 Å². The molecule has 25 heavy (non-hydrogen) atoms. The fourth-order valence-corrected chi connectivity index (χ4v) is 3.27. The first-order valence-corrected chi connectivity index (χ1v) is 8.13. The molecule has 0 bridgehead atoms. The molecule has 0 radical (unpaired) electrons. The van der Waals surface area contributed by atoms with Crippen LogP contribution in [0.1, 0.15) is 37.5 Å². The minimum Gasteiger partial charge on any atom is -0.475 e. The molecule has 0 unspecified atom stereocenters. The topological polar surface area (TPSA) is 87.7 Å². The Morgan fingerprint density at radius 3 is 2.40 bits per heavy atom. The lowest BCUT2D eigenvalue weighted by Crippen LogP contribution is -2.42. The quantitative estimate of drug-likeness (QED) is 0.826. The van der Waals surface area contributed by atoms with Gasteiger partial charge in [-0.25, -0.2) is 9.59 Å². The second-order valence-corrected chi connectivity index (χ2v) is 6.19. The molecule has 1 aromatic rings. The van der Waals surface area contributed by atoms with E-state index in [9.17, 15) is 18.0 Å². The number of aliphatic carboxylic acids is 1. The molecule has 1 aromatic heterocycles. The summed E-state index contributed by atoms with van der Waals surface area (Å²) in [6.45, 7) is 3.34. The Labute approximate surface area is 142 Å². The zero-order chi connectivity index (χ0) is 18.6. The zero-order valence-corrected chi connectivity index (χ0v) is 13.9. The molecule has 2 aliphatic heterocycles. The Kier molecular flexibility index (Phi) is 6.28. The number of hydrogen-bond donors (Lipinski definition) is 2. The number of hydrogen-bond acceptors (Lipinski definition) is 5. The highest BCUT2D eigenvalue weighted by Gasteiger charge is 2.38. The summed E-state index contributed by atoms with van der Waals surface area (Å²) in [5, 5.41) is 10.5. The standard InChI is InChI=1S/C13H21N3O2.C2HF3O2/c1-15-9-12(18-13(15)17)11-3-2-8-16(11)10-4-6-14-7-5-10;3-2(4,5)1(6)7/h9-11,14H,2-8H2,1H3;(H,6,7)/t11-;/m1./s1. The average molecular weight is 365 g/mol. The van der Waals surface area contributed by atoms with E-state index in [1.54, 1.807) is 7.05 Å². The van der Waals surface area contributed by atoms with Crippen LogP contribution in [0, 0.1) is 0 Å². The van der Waals surface area contributed by atoms with Crippen molar-refractivity contribution in [2.45, 2.75) is 43.9 Å². The van der Waals surface area contributed by atoms with Crippen molar-refractivity contribution in [3.8, 4) is 0 Å². The highest BCUT2D eigenvalue weighted by atomic mass is 19.4. The maximum absolute atomic E-state index is 11.4. The van der Waals surface area contributed by atoms with Gasteiger partial charge in [0.2, 0.25) is 0 Å². The van der Waals surface area contributed by atoms with Gasteiger partial charge in [0.25, 0.3) is 0 Å². The Balaban J connectivity index is 0.000000277. The zero-order valence-electron chi connectivity index (χ0n) is 13.9. The summed E-state index contributed by atoms with van der Waals surface area (Å²) in [6.07, 6.45) is 1.48. The van der Waals surface area contributed by atoms with Gasteiger partial charge in [-0.05, 0) is 45.3 Å². The highest BCUT2D eigenvalue weighted by Crippen LogP contribution is 2.35. The SMILES string of the molecule is Cn1cc([C@H]2CCCN2C2CCNCC2)oc1=O.O=C(O)C(F)(F)F. The van der Waals surface area contributed by atoms with Gasteiger partial charge in [-0.3, -0.25) is 9.47 Å². The third-order valence-corrected chi connectivity index (χ3v) is 4.46. The number of alkyl halides is 3. The maximum Gasteiger partial charge on any atom is 0.490 e. The van der Waals surface area contributed by atoms with E-state index in [1.807, 2.05) is 6.20 Å². The van der Waals surface area contributed by atoms with Crippen molar-refractivity contribution < 1.29 is 27.5 Å². The molecule has 2 saturated heterocycles. The summed E-state index contributed by atoms with van der Waals surface area (Å²) in [6, 6.07) is 0.950. The van der Waals surface area contributed by atoms with Crippen LogP contribution in [0.4, 0.5) is 13.2 Å². The van der Waals surface area contributed by atoms with Crippen LogP contribution < -0.4 is 11.1 Å². The Morgan fingerprint density at radius 1 is 1.32 bits per heavy atom. The molecule has 1 atom stereocenters. The van der Waals surface area contributed by atoms with Gasteiger partial charge in [-0.15, -0.1) is 0 Å². The number of halogens is 3. The van der Waals surface area contributed by atoms with E-state index in [0.717, 1.165) is 31.8 Å². The van der Waals surface area contributed by atoms with Crippen LogP contribution in [-0.4, -0.2) is 52.4 Å². The second-order valence-electron chi connectivity index (χ2n) is 6.19. The number of carbonyl (C=O) groups is 1. The lowest BCUT2D eigenvalue weighted by Gasteiger charge is -2.34. The molecule has 142 valence electrons. The third kappa shape index (κ3) is 5.08. The van der Waals surface area contributed by atoms with Gasteiger partial charge < -0.3 is 14.8 Å². The number of aryl methyl sites for hydroxylation is 1. The van der Waals surface area contributed by atoms with E-state index in [1.165, 1.54) is 23.8 Å². The molecular weight excluding hydrogens is 343 g/mol. The summed E-state index contributed by atoms with van der Waals surface area (Å²) < 4.78 is 38.6. The molecule has 7 nitrogen and oxygen atoms in total. The number of piperidine rings is 1. The van der Waals surface area contributed by atoms with Crippen molar-refractivity contribution in [1.82, 2.24) is 14.8 Å². The molecule has 0 aromatic carbocycles. The van der Waals surface area contributed by atoms with Crippen LogP contribution in [0.3, 0.4) is 0 Å². The summed E-state index contributed by atoms with van der Waals surface area (Å²) in [5.74, 6) is -2.16. The molecule has 2 N–H and O–H groups in total. The fourth-order valence-electron chi connectivity index (χ4n) is 3.27. The summed E-state index contributed by atoms with van der Waals surface area (Å²) in [7, 11) is 1.75. The van der Waals surface area contributed by atoms with Crippen molar-refractivity contribution in [3.63, 3.8) is 0 Å². The van der Waals surface area contributed by atoms with Crippen LogP contribution in [0.15, 0.2) is 15.4 Å². The largest absolute Gasteiger partial charge is 0.490 e. The normalized spacial score (nSPS) is 22.5. The first-order valence-electron chi connectivity index (χ1n) is 8.13. The van der Waals surface area contributed by atoms with E-state index in [2.05, 4.69) is 10.2 Å². The Morgan fingerprint density at radius 2 is 1.92 bits per heavy atom. The monoisotopic (exact) mass is 365 g/mol. The van der Waals surface area contributed by atoms with E-state index in [-0.39, 0.29) is 5.76 Å². The molecular formula is C15H22F3N3O4. The van der Waals surface area contributed by atoms with Gasteiger partial charge in [-0.2, -0.15) is 13.2 Å². The first-order chi connectivity index (χ1) is 11.7. The minimum atomic E-state index is -5.08. The molecule has 0 saturated carbocycles. The number of nitrogens with one attached hydrogen (secondary N) is 1. The third-order valence-electron chi connectivity index (χ3n) is 4.46. The molecule has 2 fully saturated rings. The lowest BCUT2D eigenvalue weighted by atomic mass is 10.0. The van der Waals surface area contributed by atoms with E-state index < -0.39 is 12.1 Å². The van der Waals surface area contributed by atoms with Gasteiger partial charge >= 0.3 is 17.9 Å². The summed E-state index contributed by atoms with van der Waals surface area (Å²) >= 11 is 0. The molecule has 2 aliphatic rings. The molecule has 3 heterocycles. The van der Waals surface area contributed by atoms with E-state index >= 15 is 0 Å². The predicted molar refractivity (Wildman–Crippen MR) is 82.2 cm³/mol. The molecule has 10 heteroatoms. The van der Waals surface area contributed by atoms with E-state index in [4.69, 9.17) is 14.3 Å². The number of oxazole rings is 1. The number of likely N-dealkylation sites (tertiary alicyclic amines) is 1. The molecule has 0 spiro atoms. The Bertz CT molecular complexity index is 635. The molecule has 0 aliphatic carbocycles. The minimum absolute atomic E-state index is 0.248. The summed E-state index contributed by atoms with van der Waals surface area (Å²) in [4.78, 5) is 22.9. The Hall–Kier alpha value is -1.81. The van der Waals surface area contributed by atoms with Crippen LogP contribution in [0.25, 0.3) is 0 Å². The predicted octanol–water partition coefficient (Wildman–Crippen LogP) is 1.50. The maximum atomic E-state index is 11.4. The van der Waals surface area contributed by atoms with Crippen LogP contribution in [0.5, 0.6) is 0 Å². The lowest BCUT2D eigenvalue weighted by molar-refractivity contribution is -0.192. The van der Waals surface area contributed by atoms with Crippen LogP contribution in [0.2, 0.25) is 0 Å². The van der Waals surface area contributed by atoms with E-state index in [0.29, 0.717) is 12.1 Å². The number of nitrogens with zero attached hydrogens (tertiary/aromatic N) is 2. The number of aromatic nitrogens is 1. The van der Waals surface area contributed by atoms with Crippen LogP contribution >= 0.6 is 0 Å². The van der Waals surface area contributed by atoms with Gasteiger partial charge in [0, 0.05) is 13.1 Å². The van der Waals surface area contributed by atoms with Gasteiger partial charge in [0.1, 0.15) is 5.76 Å². The van der Waals surface area contributed by atoms with Gasteiger partial charge in [-0.1, -0.05) is 0 Å².